The van der Waals surface area contributed by atoms with E-state index in [1.54, 1.807) is 16.9 Å². The number of nitrogens with zero attached hydrogens (tertiary/aromatic N) is 3. The Morgan fingerprint density at radius 1 is 1.17 bits per heavy atom. The summed E-state index contributed by atoms with van der Waals surface area (Å²) in [4.78, 5) is 12.4. The molecule has 0 aliphatic carbocycles. The monoisotopic (exact) mass is 342 g/mol. The molecule has 2 heterocycles. The van der Waals surface area contributed by atoms with Crippen molar-refractivity contribution >= 4 is 23.3 Å². The van der Waals surface area contributed by atoms with Gasteiger partial charge >= 0.3 is 0 Å². The predicted molar refractivity (Wildman–Crippen MR) is 95.1 cm³/mol. The number of aryl methyl sites for hydroxylation is 1. The third-order valence-corrected chi connectivity index (χ3v) is 4.10. The lowest BCUT2D eigenvalue weighted by atomic mass is 9.95. The number of hydrogen-bond acceptors (Lipinski definition) is 2. The van der Waals surface area contributed by atoms with Gasteiger partial charge in [-0.2, -0.15) is 5.10 Å². The Bertz CT molecular complexity index is 793. The maximum Gasteiger partial charge on any atom is 0.226 e. The zero-order chi connectivity index (χ0) is 16.9. The maximum atomic E-state index is 12.4. The molecule has 1 amide bonds. The summed E-state index contributed by atoms with van der Waals surface area (Å²) in [5, 5.41) is 7.72. The summed E-state index contributed by atoms with van der Waals surface area (Å²) < 4.78 is 3.74. The number of amides is 1. The Hall–Kier alpha value is -2.53. The molecule has 0 radical (unpaired) electrons. The molecule has 0 aliphatic rings. The zero-order valence-electron chi connectivity index (χ0n) is 13.4. The molecule has 1 atom stereocenters. The van der Waals surface area contributed by atoms with Crippen LogP contribution in [0.3, 0.4) is 0 Å². The van der Waals surface area contributed by atoms with Crippen LogP contribution in [0.4, 0.5) is 5.82 Å². The van der Waals surface area contributed by atoms with Crippen LogP contribution in [0, 0.1) is 0 Å². The van der Waals surface area contributed by atoms with E-state index in [0.29, 0.717) is 17.3 Å². The van der Waals surface area contributed by atoms with Crippen LogP contribution in [0.1, 0.15) is 17.9 Å². The SMILES string of the molecule is Cn1ccc(NC(=O)CC(Cn2cccc2)c2ccc(Cl)cc2)n1. The Morgan fingerprint density at radius 3 is 2.50 bits per heavy atom. The zero-order valence-corrected chi connectivity index (χ0v) is 14.1. The standard InChI is InChI=1S/C18H19ClN4O/c1-22-11-8-17(21-22)20-18(24)12-15(13-23-9-2-3-10-23)14-4-6-16(19)7-5-14/h2-11,15H,12-13H2,1H3,(H,20,21,24). The van der Waals surface area contributed by atoms with Gasteiger partial charge in [0.05, 0.1) is 0 Å². The molecular formula is C18H19ClN4O. The topological polar surface area (TPSA) is 51.9 Å². The van der Waals surface area contributed by atoms with Crippen LogP contribution in [0.25, 0.3) is 0 Å². The molecule has 0 fully saturated rings. The van der Waals surface area contributed by atoms with Gasteiger partial charge in [0, 0.05) is 55.6 Å². The Morgan fingerprint density at radius 2 is 1.88 bits per heavy atom. The largest absolute Gasteiger partial charge is 0.354 e. The van der Waals surface area contributed by atoms with Gasteiger partial charge in [0.15, 0.2) is 5.82 Å². The molecule has 6 heteroatoms. The quantitative estimate of drug-likeness (QED) is 0.742. The molecule has 0 saturated heterocycles. The Labute approximate surface area is 145 Å². The average molecular weight is 343 g/mol. The van der Waals surface area contributed by atoms with Crippen molar-refractivity contribution in [3.05, 3.63) is 71.6 Å². The summed E-state index contributed by atoms with van der Waals surface area (Å²) in [5.74, 6) is 0.567. The van der Waals surface area contributed by atoms with Gasteiger partial charge in [-0.25, -0.2) is 0 Å². The minimum Gasteiger partial charge on any atom is -0.354 e. The highest BCUT2D eigenvalue weighted by molar-refractivity contribution is 6.30. The van der Waals surface area contributed by atoms with Crippen molar-refractivity contribution in [1.29, 1.82) is 0 Å². The van der Waals surface area contributed by atoms with E-state index in [4.69, 9.17) is 11.6 Å². The van der Waals surface area contributed by atoms with Crippen LogP contribution in [-0.2, 0) is 18.4 Å². The van der Waals surface area contributed by atoms with E-state index < -0.39 is 0 Å². The molecule has 0 saturated carbocycles. The molecule has 1 N–H and O–H groups in total. The molecule has 24 heavy (non-hydrogen) atoms. The first kappa shape index (κ1) is 16.3. The smallest absolute Gasteiger partial charge is 0.226 e. The van der Waals surface area contributed by atoms with Gasteiger partial charge in [-0.1, -0.05) is 23.7 Å². The molecule has 3 aromatic rings. The second-order valence-corrected chi connectivity index (χ2v) is 6.19. The third-order valence-electron chi connectivity index (χ3n) is 3.85. The highest BCUT2D eigenvalue weighted by atomic mass is 35.5. The first-order valence-corrected chi connectivity index (χ1v) is 8.13. The number of halogens is 1. The van der Waals surface area contributed by atoms with E-state index in [1.165, 1.54) is 0 Å². The second kappa shape index (κ2) is 7.36. The lowest BCUT2D eigenvalue weighted by molar-refractivity contribution is -0.116. The maximum absolute atomic E-state index is 12.4. The molecule has 0 bridgehead atoms. The van der Waals surface area contributed by atoms with E-state index in [0.717, 1.165) is 12.1 Å². The van der Waals surface area contributed by atoms with Gasteiger partial charge in [-0.3, -0.25) is 9.48 Å². The van der Waals surface area contributed by atoms with Gasteiger partial charge < -0.3 is 9.88 Å². The highest BCUT2D eigenvalue weighted by Gasteiger charge is 2.17. The first-order chi connectivity index (χ1) is 11.6. The molecule has 1 aromatic carbocycles. The van der Waals surface area contributed by atoms with Gasteiger partial charge in [-0.15, -0.1) is 0 Å². The summed E-state index contributed by atoms with van der Waals surface area (Å²) in [7, 11) is 1.82. The number of nitrogens with one attached hydrogen (secondary N) is 1. The fraction of sp³-hybridized carbons (Fsp3) is 0.222. The van der Waals surface area contributed by atoms with E-state index in [2.05, 4.69) is 15.0 Å². The van der Waals surface area contributed by atoms with Gasteiger partial charge in [0.2, 0.25) is 5.91 Å². The number of hydrogen-bond donors (Lipinski definition) is 1. The molecule has 5 nitrogen and oxygen atoms in total. The van der Waals surface area contributed by atoms with Crippen molar-refractivity contribution in [3.63, 3.8) is 0 Å². The van der Waals surface area contributed by atoms with E-state index in [9.17, 15) is 4.79 Å². The van der Waals surface area contributed by atoms with Crippen molar-refractivity contribution in [3.8, 4) is 0 Å². The van der Waals surface area contributed by atoms with Crippen molar-refractivity contribution in [2.45, 2.75) is 18.9 Å². The Kier molecular flexibility index (Phi) is 5.01. The molecule has 0 aliphatic heterocycles. The van der Waals surface area contributed by atoms with Crippen LogP contribution >= 0.6 is 11.6 Å². The van der Waals surface area contributed by atoms with Crippen LogP contribution in [0.15, 0.2) is 61.1 Å². The van der Waals surface area contributed by atoms with E-state index >= 15 is 0 Å². The fourth-order valence-corrected chi connectivity index (χ4v) is 2.79. The molecule has 2 aromatic heterocycles. The number of aromatic nitrogens is 3. The van der Waals surface area contributed by atoms with Crippen molar-refractivity contribution in [2.24, 2.45) is 7.05 Å². The summed E-state index contributed by atoms with van der Waals surface area (Å²) in [5.41, 5.74) is 1.09. The van der Waals surface area contributed by atoms with E-state index in [1.807, 2.05) is 55.8 Å². The number of carbonyl (C=O) groups excluding carboxylic acids is 1. The average Bonchev–Trinajstić information content (AvgIpc) is 3.19. The number of rotatable bonds is 6. The van der Waals surface area contributed by atoms with Crippen LogP contribution in [0.2, 0.25) is 5.02 Å². The van der Waals surface area contributed by atoms with Crippen molar-refractivity contribution in [2.75, 3.05) is 5.32 Å². The minimum atomic E-state index is -0.0548. The lowest BCUT2D eigenvalue weighted by Gasteiger charge is -2.18. The van der Waals surface area contributed by atoms with Gasteiger partial charge in [0.25, 0.3) is 0 Å². The molecule has 124 valence electrons. The summed E-state index contributed by atoms with van der Waals surface area (Å²) in [6, 6.07) is 13.4. The summed E-state index contributed by atoms with van der Waals surface area (Å²) in [6.07, 6.45) is 6.17. The van der Waals surface area contributed by atoms with E-state index in [-0.39, 0.29) is 11.8 Å². The third kappa shape index (κ3) is 4.26. The number of anilines is 1. The molecule has 1 unspecified atom stereocenters. The van der Waals surface area contributed by atoms with Crippen LogP contribution in [0.5, 0.6) is 0 Å². The summed E-state index contributed by atoms with van der Waals surface area (Å²) in [6.45, 7) is 0.726. The van der Waals surface area contributed by atoms with Gasteiger partial charge in [0.1, 0.15) is 0 Å². The molecular weight excluding hydrogens is 324 g/mol. The number of carbonyl (C=O) groups is 1. The Balaban J connectivity index is 1.73. The number of benzene rings is 1. The normalized spacial score (nSPS) is 12.1. The van der Waals surface area contributed by atoms with Crippen molar-refractivity contribution < 1.29 is 4.79 Å². The van der Waals surface area contributed by atoms with Crippen LogP contribution < -0.4 is 5.32 Å². The van der Waals surface area contributed by atoms with Gasteiger partial charge in [-0.05, 0) is 29.8 Å². The summed E-state index contributed by atoms with van der Waals surface area (Å²) >= 11 is 5.98. The highest BCUT2D eigenvalue weighted by Crippen LogP contribution is 2.24. The lowest BCUT2D eigenvalue weighted by Crippen LogP contribution is -2.19. The van der Waals surface area contributed by atoms with Crippen molar-refractivity contribution in [1.82, 2.24) is 14.3 Å². The molecule has 3 rings (SSSR count). The molecule has 0 spiro atoms. The second-order valence-electron chi connectivity index (χ2n) is 5.76. The fourth-order valence-electron chi connectivity index (χ4n) is 2.67. The van der Waals surface area contributed by atoms with Crippen LogP contribution in [-0.4, -0.2) is 20.3 Å². The minimum absolute atomic E-state index is 0.0541. The first-order valence-electron chi connectivity index (χ1n) is 7.76. The predicted octanol–water partition coefficient (Wildman–Crippen LogP) is 3.69.